The summed E-state index contributed by atoms with van der Waals surface area (Å²) >= 11 is 0. The maximum Gasteiger partial charge on any atom is 0.304 e. The van der Waals surface area contributed by atoms with Gasteiger partial charge in [-0.3, -0.25) is 9.59 Å². The van der Waals surface area contributed by atoms with Crippen molar-refractivity contribution < 1.29 is 14.7 Å². The van der Waals surface area contributed by atoms with Crippen molar-refractivity contribution in [2.45, 2.75) is 91.4 Å². The van der Waals surface area contributed by atoms with Gasteiger partial charge >= 0.3 is 5.97 Å². The molecule has 0 aromatic heterocycles. The summed E-state index contributed by atoms with van der Waals surface area (Å²) in [5.41, 5.74) is 0. The number of aliphatic carboxylic acids is 1. The number of hydrogen-bond donors (Lipinski definition) is 1. The van der Waals surface area contributed by atoms with Crippen molar-refractivity contribution in [3.05, 3.63) is 12.2 Å². The Kier molecular flexibility index (Phi) is 15.3. The maximum atomic E-state index is 12.4. The molecule has 0 radical (unpaired) electrons. The number of allylic oxidation sites excluding steroid dienone is 1. The van der Waals surface area contributed by atoms with Gasteiger partial charge in [-0.2, -0.15) is 0 Å². The van der Waals surface area contributed by atoms with Crippen LogP contribution in [0.4, 0.5) is 0 Å². The summed E-state index contributed by atoms with van der Waals surface area (Å²) in [6.45, 7) is 7.33. The van der Waals surface area contributed by atoms with Crippen LogP contribution in [0, 0.1) is 5.92 Å². The molecule has 1 amide bonds. The second-order valence-corrected chi connectivity index (χ2v) is 6.76. The summed E-state index contributed by atoms with van der Waals surface area (Å²) in [6, 6.07) is 0. The van der Waals surface area contributed by atoms with E-state index >= 15 is 0 Å². The Balaban J connectivity index is 4.02. The van der Waals surface area contributed by atoms with E-state index in [2.05, 4.69) is 6.92 Å². The number of carboxylic acid groups (broad SMARTS) is 1. The molecule has 0 bridgehead atoms. The Morgan fingerprint density at radius 3 is 1.88 bits per heavy atom. The highest BCUT2D eigenvalue weighted by atomic mass is 16.4. The van der Waals surface area contributed by atoms with Crippen LogP contribution in [0.5, 0.6) is 0 Å². The van der Waals surface area contributed by atoms with Crippen LogP contribution in [0.1, 0.15) is 91.4 Å². The molecule has 0 fully saturated rings. The molecule has 1 unspecified atom stereocenters. The van der Waals surface area contributed by atoms with E-state index in [1.165, 1.54) is 51.4 Å². The third-order valence-electron chi connectivity index (χ3n) is 4.63. The van der Waals surface area contributed by atoms with E-state index < -0.39 is 11.9 Å². The lowest BCUT2D eigenvalue weighted by molar-refractivity contribution is -0.143. The molecule has 0 saturated heterocycles. The first-order valence-electron chi connectivity index (χ1n) is 10.2. The number of carboxylic acids is 1. The maximum absolute atomic E-state index is 12.4. The second-order valence-electron chi connectivity index (χ2n) is 6.76. The van der Waals surface area contributed by atoms with Crippen molar-refractivity contribution in [2.24, 2.45) is 5.92 Å². The van der Waals surface area contributed by atoms with Gasteiger partial charge in [0, 0.05) is 13.1 Å². The topological polar surface area (TPSA) is 57.6 Å². The number of amides is 1. The number of hydrogen-bond acceptors (Lipinski definition) is 2. The highest BCUT2D eigenvalue weighted by Crippen LogP contribution is 2.13. The molecular formula is C21H39NO3. The highest BCUT2D eigenvalue weighted by Gasteiger charge is 2.22. The molecule has 1 atom stereocenters. The molecule has 1 N–H and O–H groups in total. The Labute approximate surface area is 154 Å². The fraction of sp³-hybridized carbons (Fsp3) is 0.810. The predicted molar refractivity (Wildman–Crippen MR) is 105 cm³/mol. The second kappa shape index (κ2) is 16.2. The zero-order chi connectivity index (χ0) is 18.9. The zero-order valence-corrected chi connectivity index (χ0v) is 16.6. The minimum absolute atomic E-state index is 0.0734. The van der Waals surface area contributed by atoms with E-state index in [0.717, 1.165) is 12.8 Å². The predicted octanol–water partition coefficient (Wildman–Crippen LogP) is 5.42. The van der Waals surface area contributed by atoms with Gasteiger partial charge < -0.3 is 10.0 Å². The van der Waals surface area contributed by atoms with Gasteiger partial charge in [0.1, 0.15) is 0 Å². The van der Waals surface area contributed by atoms with E-state index in [4.69, 9.17) is 5.11 Å². The first-order valence-corrected chi connectivity index (χ1v) is 10.2. The van der Waals surface area contributed by atoms with Crippen LogP contribution in [-0.2, 0) is 9.59 Å². The third kappa shape index (κ3) is 12.7. The van der Waals surface area contributed by atoms with Crippen molar-refractivity contribution >= 4 is 11.9 Å². The van der Waals surface area contributed by atoms with Crippen molar-refractivity contribution in [3.8, 4) is 0 Å². The Morgan fingerprint density at radius 2 is 1.40 bits per heavy atom. The van der Waals surface area contributed by atoms with Crippen molar-refractivity contribution in [3.63, 3.8) is 0 Å². The molecule has 0 aromatic rings. The quantitative estimate of drug-likeness (QED) is 0.297. The number of rotatable bonds is 16. The molecular weight excluding hydrogens is 314 g/mol. The van der Waals surface area contributed by atoms with Crippen LogP contribution in [0.15, 0.2) is 12.2 Å². The highest BCUT2D eigenvalue weighted by molar-refractivity contribution is 5.84. The third-order valence-corrected chi connectivity index (χ3v) is 4.63. The monoisotopic (exact) mass is 353 g/mol. The number of nitrogens with zero attached hydrogens (tertiary/aromatic N) is 1. The van der Waals surface area contributed by atoms with Crippen molar-refractivity contribution in [2.75, 3.05) is 13.1 Å². The van der Waals surface area contributed by atoms with Crippen LogP contribution in [0.3, 0.4) is 0 Å². The van der Waals surface area contributed by atoms with Crippen LogP contribution in [0.2, 0.25) is 0 Å². The summed E-state index contributed by atoms with van der Waals surface area (Å²) in [5, 5.41) is 9.03. The molecule has 0 saturated carbocycles. The van der Waals surface area contributed by atoms with Crippen molar-refractivity contribution in [1.82, 2.24) is 4.90 Å². The number of carbonyl (C=O) groups excluding carboxylic acids is 1. The average molecular weight is 354 g/mol. The van der Waals surface area contributed by atoms with Crippen LogP contribution in [0.25, 0.3) is 0 Å². The largest absolute Gasteiger partial charge is 0.481 e. The van der Waals surface area contributed by atoms with Gasteiger partial charge in [0.05, 0.1) is 12.3 Å². The molecule has 0 aliphatic carbocycles. The fourth-order valence-corrected chi connectivity index (χ4v) is 3.03. The lowest BCUT2D eigenvalue weighted by Crippen LogP contribution is -2.36. The molecule has 0 heterocycles. The van der Waals surface area contributed by atoms with Crippen LogP contribution < -0.4 is 0 Å². The minimum Gasteiger partial charge on any atom is -0.481 e. The minimum atomic E-state index is -0.918. The molecule has 0 aliphatic heterocycles. The van der Waals surface area contributed by atoms with Gasteiger partial charge in [0.2, 0.25) is 5.91 Å². The Hall–Kier alpha value is -1.32. The first-order chi connectivity index (χ1) is 12.1. The molecule has 0 aliphatic rings. The molecule has 25 heavy (non-hydrogen) atoms. The summed E-state index contributed by atoms with van der Waals surface area (Å²) in [5.74, 6) is -1.52. The summed E-state index contributed by atoms with van der Waals surface area (Å²) in [7, 11) is 0. The van der Waals surface area contributed by atoms with E-state index in [1.807, 2.05) is 19.9 Å². The van der Waals surface area contributed by atoms with Gasteiger partial charge in [0.25, 0.3) is 0 Å². The Morgan fingerprint density at radius 1 is 0.880 bits per heavy atom. The fourth-order valence-electron chi connectivity index (χ4n) is 3.03. The molecule has 0 spiro atoms. The summed E-state index contributed by atoms with van der Waals surface area (Å²) in [6.07, 6.45) is 16.2. The van der Waals surface area contributed by atoms with E-state index in [9.17, 15) is 9.59 Å². The molecule has 0 rings (SSSR count). The average Bonchev–Trinajstić information content (AvgIpc) is 2.59. The molecule has 4 nitrogen and oxygen atoms in total. The van der Waals surface area contributed by atoms with Gasteiger partial charge in [-0.15, -0.1) is 0 Å². The molecule has 4 heteroatoms. The van der Waals surface area contributed by atoms with Crippen LogP contribution in [-0.4, -0.2) is 35.0 Å². The standard InChI is InChI=1S/C21H39NO3/c1-4-7-8-9-10-11-12-13-14-15-16-17-19(18-20(23)24)21(25)22(5-2)6-3/h16-17,19H,4-15,18H2,1-3H3,(H,23,24)/b17-16+. The summed E-state index contributed by atoms with van der Waals surface area (Å²) < 4.78 is 0. The lowest BCUT2D eigenvalue weighted by Gasteiger charge is -2.22. The lowest BCUT2D eigenvalue weighted by atomic mass is 10.0. The van der Waals surface area contributed by atoms with Gasteiger partial charge in [-0.05, 0) is 26.7 Å². The van der Waals surface area contributed by atoms with Crippen molar-refractivity contribution in [1.29, 1.82) is 0 Å². The first kappa shape index (κ1) is 23.7. The van der Waals surface area contributed by atoms with Gasteiger partial charge in [-0.25, -0.2) is 0 Å². The van der Waals surface area contributed by atoms with E-state index in [1.54, 1.807) is 11.0 Å². The SMILES string of the molecule is CCCCCCCCCCC/C=C/C(CC(=O)O)C(=O)N(CC)CC. The van der Waals surface area contributed by atoms with Gasteiger partial charge in [0.15, 0.2) is 0 Å². The van der Waals surface area contributed by atoms with E-state index in [0.29, 0.717) is 13.1 Å². The molecule has 146 valence electrons. The van der Waals surface area contributed by atoms with E-state index in [-0.39, 0.29) is 12.3 Å². The van der Waals surface area contributed by atoms with Crippen LogP contribution >= 0.6 is 0 Å². The number of unbranched alkanes of at least 4 members (excludes halogenated alkanes) is 9. The van der Waals surface area contributed by atoms with Gasteiger partial charge in [-0.1, -0.05) is 70.4 Å². The molecule has 0 aromatic carbocycles. The normalized spacial score (nSPS) is 12.4. The summed E-state index contributed by atoms with van der Waals surface area (Å²) in [4.78, 5) is 25.1. The zero-order valence-electron chi connectivity index (χ0n) is 16.6. The Bertz CT molecular complexity index is 375. The number of carbonyl (C=O) groups is 2. The smallest absolute Gasteiger partial charge is 0.304 e.